The molecule has 0 bridgehead atoms. The Bertz CT molecular complexity index is 3240. The van der Waals surface area contributed by atoms with Crippen molar-refractivity contribution in [3.63, 3.8) is 0 Å². The average molecular weight is 770 g/mol. The molecule has 0 aliphatic heterocycles. The zero-order valence-corrected chi connectivity index (χ0v) is 35.9. The largest absolute Gasteiger partial charge is 0.456 e. The number of hydrogen-bond donors (Lipinski definition) is 0. The van der Waals surface area contributed by atoms with Crippen molar-refractivity contribution in [3.8, 4) is 22.3 Å². The molecule has 2 heterocycles. The van der Waals surface area contributed by atoms with E-state index in [9.17, 15) is 0 Å². The molecular weight excluding hydrogens is 719 g/mol. The number of anilines is 3. The number of hydrogen-bond acceptors (Lipinski definition) is 3. The molecule has 0 saturated carbocycles. The molecule has 0 spiro atoms. The van der Waals surface area contributed by atoms with E-state index in [1.807, 2.05) is 6.07 Å². The lowest BCUT2D eigenvalue weighted by molar-refractivity contribution is 0.530. The molecule has 292 valence electrons. The fraction of sp³-hybridized carbons (Fsp3) is 0.250. The standard InChI is InChI=1S/C56H51NO2/c1-53(2,3)45-30-41-50(31-46(45)54(4,5)6)59-48-26-24-39-40-27-32(21-25-43(40)56(9,10)52(39)51(41)48)57(34-20-23-38-37-16-12-14-18-47(37)58-49(38)29-34)33-19-22-36-35-15-11-13-17-42(35)55(7,8)44(36)28-33/h11-31H,1-10H3. The molecular formula is C56H51NO2. The van der Waals surface area contributed by atoms with Crippen molar-refractivity contribution in [2.75, 3.05) is 4.90 Å². The third-order valence-corrected chi connectivity index (χ3v) is 13.7. The molecule has 0 unspecified atom stereocenters. The van der Waals surface area contributed by atoms with E-state index in [2.05, 4.69) is 195 Å². The molecule has 9 aromatic rings. The topological polar surface area (TPSA) is 29.5 Å². The van der Waals surface area contributed by atoms with Crippen molar-refractivity contribution in [2.45, 2.75) is 90.9 Å². The molecule has 11 rings (SSSR count). The van der Waals surface area contributed by atoms with Gasteiger partial charge in [0.15, 0.2) is 0 Å². The molecule has 2 aliphatic carbocycles. The van der Waals surface area contributed by atoms with E-state index in [1.54, 1.807) is 0 Å². The van der Waals surface area contributed by atoms with Crippen LogP contribution >= 0.6 is 0 Å². The van der Waals surface area contributed by atoms with Gasteiger partial charge in [0.25, 0.3) is 0 Å². The van der Waals surface area contributed by atoms with Crippen LogP contribution in [-0.2, 0) is 21.7 Å². The van der Waals surface area contributed by atoms with Crippen LogP contribution < -0.4 is 4.90 Å². The van der Waals surface area contributed by atoms with E-state index in [4.69, 9.17) is 8.83 Å². The molecule has 0 atom stereocenters. The van der Waals surface area contributed by atoms with Crippen LogP contribution in [-0.4, -0.2) is 0 Å². The summed E-state index contributed by atoms with van der Waals surface area (Å²) in [4.78, 5) is 2.42. The van der Waals surface area contributed by atoms with Crippen LogP contribution in [0.5, 0.6) is 0 Å². The van der Waals surface area contributed by atoms with Gasteiger partial charge in [0, 0.05) is 55.5 Å². The van der Waals surface area contributed by atoms with Crippen molar-refractivity contribution in [1.82, 2.24) is 0 Å². The summed E-state index contributed by atoms with van der Waals surface area (Å²) >= 11 is 0. The highest BCUT2D eigenvalue weighted by Gasteiger charge is 2.40. The highest BCUT2D eigenvalue weighted by molar-refractivity contribution is 6.12. The third kappa shape index (κ3) is 5.06. The van der Waals surface area contributed by atoms with E-state index >= 15 is 0 Å². The van der Waals surface area contributed by atoms with Gasteiger partial charge in [-0.3, -0.25) is 0 Å². The van der Waals surface area contributed by atoms with Crippen LogP contribution in [0, 0.1) is 0 Å². The minimum Gasteiger partial charge on any atom is -0.456 e. The van der Waals surface area contributed by atoms with Crippen molar-refractivity contribution in [3.05, 3.63) is 161 Å². The smallest absolute Gasteiger partial charge is 0.137 e. The normalized spacial score (nSPS) is 15.2. The second-order valence-corrected chi connectivity index (χ2v) is 20.2. The quantitative estimate of drug-likeness (QED) is 0.179. The van der Waals surface area contributed by atoms with Crippen LogP contribution in [0.4, 0.5) is 17.1 Å². The van der Waals surface area contributed by atoms with Gasteiger partial charge in [0.1, 0.15) is 22.3 Å². The Hall–Kier alpha value is -6.06. The predicted molar refractivity (Wildman–Crippen MR) is 248 cm³/mol. The number of nitrogens with zero attached hydrogens (tertiary/aromatic N) is 1. The lowest BCUT2D eigenvalue weighted by Gasteiger charge is -2.30. The van der Waals surface area contributed by atoms with Crippen molar-refractivity contribution in [2.24, 2.45) is 0 Å². The number of furan rings is 2. The summed E-state index contributed by atoms with van der Waals surface area (Å²) in [5.74, 6) is 0. The minimum atomic E-state index is -0.245. The van der Waals surface area contributed by atoms with E-state index in [1.165, 1.54) is 66.4 Å². The first-order chi connectivity index (χ1) is 28.0. The molecule has 2 aliphatic rings. The zero-order chi connectivity index (χ0) is 41.0. The average Bonchev–Trinajstić information content (AvgIpc) is 3.88. The van der Waals surface area contributed by atoms with Crippen LogP contribution in [0.2, 0.25) is 0 Å². The molecule has 2 aromatic heterocycles. The monoisotopic (exact) mass is 769 g/mol. The van der Waals surface area contributed by atoms with Crippen LogP contribution in [0.1, 0.15) is 103 Å². The predicted octanol–water partition coefficient (Wildman–Crippen LogP) is 16.2. The fourth-order valence-corrected chi connectivity index (χ4v) is 10.7. The second-order valence-electron chi connectivity index (χ2n) is 20.2. The number of para-hydroxylation sites is 1. The third-order valence-electron chi connectivity index (χ3n) is 13.7. The van der Waals surface area contributed by atoms with E-state index in [0.29, 0.717) is 0 Å². The Kier molecular flexibility index (Phi) is 7.20. The molecule has 0 saturated heterocycles. The summed E-state index contributed by atoms with van der Waals surface area (Å²) in [6.07, 6.45) is 0. The Morgan fingerprint density at radius 3 is 1.78 bits per heavy atom. The molecule has 0 N–H and O–H groups in total. The van der Waals surface area contributed by atoms with Gasteiger partial charge in [-0.05, 0) is 127 Å². The summed E-state index contributed by atoms with van der Waals surface area (Å²) in [7, 11) is 0. The molecule has 0 fully saturated rings. The number of benzene rings is 7. The first-order valence-corrected chi connectivity index (χ1v) is 21.2. The van der Waals surface area contributed by atoms with Gasteiger partial charge >= 0.3 is 0 Å². The Morgan fingerprint density at radius 2 is 0.983 bits per heavy atom. The molecule has 3 heteroatoms. The zero-order valence-electron chi connectivity index (χ0n) is 35.9. The first kappa shape index (κ1) is 36.1. The summed E-state index contributed by atoms with van der Waals surface area (Å²) in [6.45, 7) is 23.4. The number of fused-ring (bicyclic) bond motifs is 13. The van der Waals surface area contributed by atoms with Crippen LogP contribution in [0.25, 0.3) is 66.1 Å². The van der Waals surface area contributed by atoms with Gasteiger partial charge in [0.2, 0.25) is 0 Å². The lowest BCUT2D eigenvalue weighted by Crippen LogP contribution is -2.21. The molecule has 0 amide bonds. The summed E-state index contributed by atoms with van der Waals surface area (Å²) in [5.41, 5.74) is 19.9. The van der Waals surface area contributed by atoms with Gasteiger partial charge < -0.3 is 13.7 Å². The maximum Gasteiger partial charge on any atom is 0.137 e. The van der Waals surface area contributed by atoms with Crippen molar-refractivity contribution >= 4 is 60.9 Å². The summed E-state index contributed by atoms with van der Waals surface area (Å²) in [5, 5.41) is 4.70. The van der Waals surface area contributed by atoms with Gasteiger partial charge in [-0.15, -0.1) is 0 Å². The van der Waals surface area contributed by atoms with Gasteiger partial charge in [-0.1, -0.05) is 130 Å². The highest BCUT2D eigenvalue weighted by Crippen LogP contribution is 2.56. The SMILES string of the molecule is CC(C)(C)c1cc2oc3ccc4c(c3c2cc1C(C)(C)C)C(C)(C)c1ccc(N(c2ccc3c(c2)C(C)(C)c2ccccc2-3)c2ccc3c(c2)oc2ccccc23)cc1-4. The van der Waals surface area contributed by atoms with E-state index in [0.717, 1.165) is 50.2 Å². The molecule has 59 heavy (non-hydrogen) atoms. The Morgan fingerprint density at radius 1 is 0.407 bits per heavy atom. The van der Waals surface area contributed by atoms with Crippen molar-refractivity contribution in [1.29, 1.82) is 0 Å². The maximum atomic E-state index is 6.77. The highest BCUT2D eigenvalue weighted by atomic mass is 16.3. The summed E-state index contributed by atoms with van der Waals surface area (Å²) < 4.78 is 13.3. The van der Waals surface area contributed by atoms with Crippen molar-refractivity contribution < 1.29 is 8.83 Å². The van der Waals surface area contributed by atoms with Gasteiger partial charge in [-0.2, -0.15) is 0 Å². The number of rotatable bonds is 3. The second kappa shape index (κ2) is 11.8. The lowest BCUT2D eigenvalue weighted by atomic mass is 9.74. The summed E-state index contributed by atoms with van der Waals surface area (Å²) in [6, 6.07) is 47.3. The van der Waals surface area contributed by atoms with Gasteiger partial charge in [-0.25, -0.2) is 0 Å². The minimum absolute atomic E-state index is 0.0109. The Balaban J connectivity index is 1.13. The molecule has 7 aromatic carbocycles. The van der Waals surface area contributed by atoms with E-state index < -0.39 is 0 Å². The fourth-order valence-electron chi connectivity index (χ4n) is 10.7. The molecule has 0 radical (unpaired) electrons. The maximum absolute atomic E-state index is 6.77. The van der Waals surface area contributed by atoms with E-state index in [-0.39, 0.29) is 21.7 Å². The first-order valence-electron chi connectivity index (χ1n) is 21.2. The van der Waals surface area contributed by atoms with Crippen LogP contribution in [0.3, 0.4) is 0 Å². The van der Waals surface area contributed by atoms with Crippen LogP contribution in [0.15, 0.2) is 136 Å². The molecule has 3 nitrogen and oxygen atoms in total. The van der Waals surface area contributed by atoms with Gasteiger partial charge in [0.05, 0.1) is 0 Å². The Labute approximate surface area is 347 Å².